The molecule has 116 valence electrons. The van der Waals surface area contributed by atoms with Crippen LogP contribution in [0.15, 0.2) is 0 Å². The molecule has 2 N–H and O–H groups in total. The van der Waals surface area contributed by atoms with Crippen LogP contribution in [-0.4, -0.2) is 89.3 Å². The highest BCUT2D eigenvalue weighted by molar-refractivity contribution is 5.83. The summed E-state index contributed by atoms with van der Waals surface area (Å²) in [6.45, 7) is 3.96. The van der Waals surface area contributed by atoms with Gasteiger partial charge in [-0.05, 0) is 34.0 Å². The van der Waals surface area contributed by atoms with Gasteiger partial charge in [0.25, 0.3) is 0 Å². The Bertz CT molecular complexity index is 349. The van der Waals surface area contributed by atoms with Gasteiger partial charge in [0.2, 0.25) is 0 Å². The highest BCUT2D eigenvalue weighted by Crippen LogP contribution is 2.20. The van der Waals surface area contributed by atoms with Gasteiger partial charge in [-0.1, -0.05) is 0 Å². The number of hydrogen-bond donors (Lipinski definition) is 2. The third-order valence-corrected chi connectivity index (χ3v) is 3.50. The number of carboxylic acid groups (broad SMARTS) is 1. The monoisotopic (exact) mass is 287 g/mol. The molecule has 7 heteroatoms. The van der Waals surface area contributed by atoms with Gasteiger partial charge in [-0.15, -0.1) is 0 Å². The first kappa shape index (κ1) is 16.7. The van der Waals surface area contributed by atoms with E-state index in [-0.39, 0.29) is 19.0 Å². The Kier molecular flexibility index (Phi) is 6.22. The Labute approximate surface area is 119 Å². The zero-order chi connectivity index (χ0) is 15.3. The van der Waals surface area contributed by atoms with Crippen LogP contribution in [0, 0.1) is 0 Å². The SMILES string of the molecule is CCN(CCCN(C)C)C(=O)N1CC(O)CC1C(=O)O. The van der Waals surface area contributed by atoms with E-state index in [0.717, 1.165) is 13.0 Å². The molecule has 20 heavy (non-hydrogen) atoms. The molecule has 1 saturated heterocycles. The smallest absolute Gasteiger partial charge is 0.326 e. The van der Waals surface area contributed by atoms with Crippen molar-refractivity contribution in [1.82, 2.24) is 14.7 Å². The lowest BCUT2D eigenvalue weighted by Gasteiger charge is -2.29. The number of likely N-dealkylation sites (tertiary alicyclic amines) is 1. The molecule has 0 aromatic carbocycles. The number of carbonyl (C=O) groups is 2. The lowest BCUT2D eigenvalue weighted by atomic mass is 10.2. The fraction of sp³-hybridized carbons (Fsp3) is 0.846. The Morgan fingerprint density at radius 1 is 1.30 bits per heavy atom. The van der Waals surface area contributed by atoms with Crippen molar-refractivity contribution in [1.29, 1.82) is 0 Å². The lowest BCUT2D eigenvalue weighted by Crippen LogP contribution is -2.48. The van der Waals surface area contributed by atoms with Gasteiger partial charge in [0.05, 0.1) is 6.10 Å². The Morgan fingerprint density at radius 3 is 2.45 bits per heavy atom. The molecule has 2 unspecified atom stereocenters. The topological polar surface area (TPSA) is 84.3 Å². The summed E-state index contributed by atoms with van der Waals surface area (Å²) < 4.78 is 0. The highest BCUT2D eigenvalue weighted by Gasteiger charge is 2.40. The lowest BCUT2D eigenvalue weighted by molar-refractivity contribution is -0.141. The fourth-order valence-corrected chi connectivity index (χ4v) is 2.41. The summed E-state index contributed by atoms with van der Waals surface area (Å²) in [7, 11) is 3.94. The number of rotatable bonds is 6. The van der Waals surface area contributed by atoms with Crippen molar-refractivity contribution in [2.24, 2.45) is 0 Å². The average molecular weight is 287 g/mol. The molecular formula is C13H25N3O4. The van der Waals surface area contributed by atoms with Crippen LogP contribution in [0.25, 0.3) is 0 Å². The number of nitrogens with zero attached hydrogens (tertiary/aromatic N) is 3. The van der Waals surface area contributed by atoms with Gasteiger partial charge in [-0.3, -0.25) is 0 Å². The van der Waals surface area contributed by atoms with E-state index in [2.05, 4.69) is 0 Å². The van der Waals surface area contributed by atoms with E-state index in [1.807, 2.05) is 25.9 Å². The Morgan fingerprint density at radius 2 is 1.95 bits per heavy atom. The van der Waals surface area contributed by atoms with Crippen LogP contribution in [0.2, 0.25) is 0 Å². The maximum absolute atomic E-state index is 12.4. The molecule has 1 rings (SSSR count). The van der Waals surface area contributed by atoms with Crippen LogP contribution in [0.4, 0.5) is 4.79 Å². The Balaban J connectivity index is 2.62. The molecule has 0 aliphatic carbocycles. The quantitative estimate of drug-likeness (QED) is 0.712. The summed E-state index contributed by atoms with van der Waals surface area (Å²) >= 11 is 0. The largest absolute Gasteiger partial charge is 0.480 e. The number of aliphatic hydroxyl groups excluding tert-OH is 1. The standard InChI is InChI=1S/C13H25N3O4/c1-4-15(7-5-6-14(2)3)13(20)16-9-10(17)8-11(16)12(18)19/h10-11,17H,4-9H2,1-3H3,(H,18,19). The minimum absolute atomic E-state index is 0.0972. The minimum atomic E-state index is -1.06. The molecule has 0 saturated carbocycles. The maximum atomic E-state index is 12.4. The van der Waals surface area contributed by atoms with Crippen LogP contribution in [0.3, 0.4) is 0 Å². The van der Waals surface area contributed by atoms with E-state index in [1.165, 1.54) is 4.90 Å². The summed E-state index contributed by atoms with van der Waals surface area (Å²) in [5.41, 5.74) is 0. The number of amides is 2. The van der Waals surface area contributed by atoms with E-state index in [0.29, 0.717) is 13.1 Å². The van der Waals surface area contributed by atoms with Crippen molar-refractivity contribution in [3.63, 3.8) is 0 Å². The second-order valence-corrected chi connectivity index (χ2v) is 5.41. The third kappa shape index (κ3) is 4.35. The predicted molar refractivity (Wildman–Crippen MR) is 74.6 cm³/mol. The van der Waals surface area contributed by atoms with Crippen molar-refractivity contribution >= 4 is 12.0 Å². The number of β-amino-alcohol motifs (C(OH)–C–C–N with tert-alkyl or cyclic N) is 1. The number of carbonyl (C=O) groups excluding carboxylic acids is 1. The van der Waals surface area contributed by atoms with E-state index >= 15 is 0 Å². The summed E-state index contributed by atoms with van der Waals surface area (Å²) in [5.74, 6) is -1.06. The van der Waals surface area contributed by atoms with Gasteiger partial charge < -0.3 is 24.9 Å². The molecule has 1 aliphatic rings. The fourth-order valence-electron chi connectivity index (χ4n) is 2.41. The second kappa shape index (κ2) is 7.44. The van der Waals surface area contributed by atoms with Gasteiger partial charge >= 0.3 is 12.0 Å². The van der Waals surface area contributed by atoms with Crippen molar-refractivity contribution in [3.05, 3.63) is 0 Å². The maximum Gasteiger partial charge on any atom is 0.326 e. The molecule has 7 nitrogen and oxygen atoms in total. The van der Waals surface area contributed by atoms with Gasteiger partial charge in [0, 0.05) is 26.1 Å². The normalized spacial score (nSPS) is 22.4. The first-order valence-electron chi connectivity index (χ1n) is 6.98. The van der Waals surface area contributed by atoms with Crippen LogP contribution in [0.5, 0.6) is 0 Å². The molecule has 1 aliphatic heterocycles. The van der Waals surface area contributed by atoms with Crippen LogP contribution >= 0.6 is 0 Å². The van der Waals surface area contributed by atoms with E-state index in [9.17, 15) is 14.7 Å². The van der Waals surface area contributed by atoms with E-state index in [1.54, 1.807) is 4.90 Å². The number of aliphatic hydroxyl groups is 1. The number of urea groups is 1. The summed E-state index contributed by atoms with van der Waals surface area (Å²) in [4.78, 5) is 28.5. The average Bonchev–Trinajstić information content (AvgIpc) is 2.76. The third-order valence-electron chi connectivity index (χ3n) is 3.50. The molecule has 1 heterocycles. The number of carboxylic acids is 1. The summed E-state index contributed by atoms with van der Waals surface area (Å²) in [6, 6.07) is -1.21. The molecular weight excluding hydrogens is 262 g/mol. The minimum Gasteiger partial charge on any atom is -0.480 e. The van der Waals surface area contributed by atoms with Gasteiger partial charge in [0.15, 0.2) is 0 Å². The van der Waals surface area contributed by atoms with Crippen molar-refractivity contribution in [3.8, 4) is 0 Å². The zero-order valence-electron chi connectivity index (χ0n) is 12.4. The molecule has 0 aromatic heterocycles. The molecule has 0 aromatic rings. The van der Waals surface area contributed by atoms with Crippen molar-refractivity contribution < 1.29 is 19.8 Å². The van der Waals surface area contributed by atoms with Crippen molar-refractivity contribution in [2.75, 3.05) is 40.3 Å². The zero-order valence-corrected chi connectivity index (χ0v) is 12.4. The van der Waals surface area contributed by atoms with Crippen molar-refractivity contribution in [2.45, 2.75) is 31.9 Å². The summed E-state index contributed by atoms with van der Waals surface area (Å²) in [5, 5.41) is 18.7. The van der Waals surface area contributed by atoms with E-state index < -0.39 is 18.1 Å². The van der Waals surface area contributed by atoms with Gasteiger partial charge in [0.1, 0.15) is 6.04 Å². The highest BCUT2D eigenvalue weighted by atomic mass is 16.4. The Hall–Kier alpha value is -1.34. The van der Waals surface area contributed by atoms with Crippen LogP contribution in [-0.2, 0) is 4.79 Å². The number of aliphatic carboxylic acids is 1. The molecule has 1 fully saturated rings. The first-order chi connectivity index (χ1) is 9.36. The van der Waals surface area contributed by atoms with Crippen LogP contribution in [0.1, 0.15) is 19.8 Å². The van der Waals surface area contributed by atoms with Gasteiger partial charge in [-0.2, -0.15) is 0 Å². The van der Waals surface area contributed by atoms with E-state index in [4.69, 9.17) is 5.11 Å². The molecule has 2 atom stereocenters. The molecule has 0 radical (unpaired) electrons. The summed E-state index contributed by atoms with van der Waals surface area (Å²) in [6.07, 6.45) is 0.192. The molecule has 2 amide bonds. The first-order valence-corrected chi connectivity index (χ1v) is 6.98. The predicted octanol–water partition coefficient (Wildman–Crippen LogP) is -0.100. The van der Waals surface area contributed by atoms with Crippen LogP contribution < -0.4 is 0 Å². The molecule has 0 bridgehead atoms. The molecule has 0 spiro atoms. The second-order valence-electron chi connectivity index (χ2n) is 5.41. The van der Waals surface area contributed by atoms with Gasteiger partial charge in [-0.25, -0.2) is 9.59 Å². The number of hydrogen-bond acceptors (Lipinski definition) is 4.